The van der Waals surface area contributed by atoms with Gasteiger partial charge in [0.05, 0.1) is 6.04 Å². The fraction of sp³-hybridized carbons (Fsp3) is 0.389. The Morgan fingerprint density at radius 2 is 2.05 bits per heavy atom. The lowest BCUT2D eigenvalue weighted by Gasteiger charge is -2.29. The number of amides is 1. The molecule has 3 nitrogen and oxygen atoms in total. The van der Waals surface area contributed by atoms with Gasteiger partial charge in [0.1, 0.15) is 0 Å². The van der Waals surface area contributed by atoms with Gasteiger partial charge < -0.3 is 9.32 Å². The number of carbonyl (C=O) groups is 1. The molecule has 0 radical (unpaired) electrons. The molecule has 1 amide bonds. The summed E-state index contributed by atoms with van der Waals surface area (Å²) in [5.74, 6) is 0.510. The Morgan fingerprint density at radius 3 is 2.73 bits per heavy atom. The van der Waals surface area contributed by atoms with Crippen molar-refractivity contribution in [3.05, 3.63) is 57.5 Å². The number of nitrogens with zero attached hydrogens (tertiary/aromatic N) is 1. The molecule has 0 N–H and O–H groups in total. The molecule has 1 fully saturated rings. The molecule has 114 valence electrons. The minimum atomic E-state index is 0.0346. The van der Waals surface area contributed by atoms with Crippen LogP contribution in [-0.4, -0.2) is 16.8 Å². The zero-order valence-electron chi connectivity index (χ0n) is 12.5. The van der Waals surface area contributed by atoms with Crippen LogP contribution in [0.1, 0.15) is 52.5 Å². The molecule has 1 heterocycles. The standard InChI is InChI=1S/C18H18BrNO2/c1-11-10-16(19)22-17(11)18(21)20(13-7-8-13)15-9-6-12-4-2-3-5-14(12)15/h2-5,10,13,15H,6-9H2,1H3. The van der Waals surface area contributed by atoms with E-state index in [-0.39, 0.29) is 11.9 Å². The fourth-order valence-corrected chi connectivity index (χ4v) is 4.02. The summed E-state index contributed by atoms with van der Waals surface area (Å²) in [6.45, 7) is 1.93. The minimum absolute atomic E-state index is 0.0346. The van der Waals surface area contributed by atoms with Crippen molar-refractivity contribution in [3.8, 4) is 0 Å². The molecule has 1 atom stereocenters. The number of hydrogen-bond donors (Lipinski definition) is 0. The van der Waals surface area contributed by atoms with Crippen molar-refractivity contribution in [2.75, 3.05) is 0 Å². The zero-order chi connectivity index (χ0) is 15.3. The van der Waals surface area contributed by atoms with Gasteiger partial charge in [0.25, 0.3) is 5.91 Å². The van der Waals surface area contributed by atoms with Crippen LogP contribution in [0.5, 0.6) is 0 Å². The van der Waals surface area contributed by atoms with E-state index in [1.165, 1.54) is 11.1 Å². The molecule has 2 aromatic rings. The highest BCUT2D eigenvalue weighted by Gasteiger charge is 2.41. The van der Waals surface area contributed by atoms with Crippen LogP contribution in [-0.2, 0) is 6.42 Å². The molecule has 2 aliphatic carbocycles. The first-order chi connectivity index (χ1) is 10.6. The highest BCUT2D eigenvalue weighted by atomic mass is 79.9. The van der Waals surface area contributed by atoms with Crippen LogP contribution < -0.4 is 0 Å². The number of carbonyl (C=O) groups excluding carboxylic acids is 1. The summed E-state index contributed by atoms with van der Waals surface area (Å²) in [5, 5.41) is 0. The van der Waals surface area contributed by atoms with Crippen LogP contribution in [0, 0.1) is 6.92 Å². The molecule has 1 saturated carbocycles. The smallest absolute Gasteiger partial charge is 0.290 e. The quantitative estimate of drug-likeness (QED) is 0.799. The summed E-state index contributed by atoms with van der Waals surface area (Å²) >= 11 is 3.32. The number of halogens is 1. The van der Waals surface area contributed by atoms with Gasteiger partial charge in [0, 0.05) is 11.6 Å². The Balaban J connectivity index is 1.71. The normalized spacial score (nSPS) is 20.0. The lowest BCUT2D eigenvalue weighted by molar-refractivity contribution is 0.0622. The van der Waals surface area contributed by atoms with Gasteiger partial charge in [-0.05, 0) is 65.7 Å². The van der Waals surface area contributed by atoms with Gasteiger partial charge in [-0.3, -0.25) is 4.79 Å². The molecule has 0 saturated heterocycles. The third-order valence-electron chi connectivity index (χ3n) is 4.69. The van der Waals surface area contributed by atoms with Crippen molar-refractivity contribution in [1.82, 2.24) is 4.90 Å². The minimum Gasteiger partial charge on any atom is -0.444 e. The fourth-order valence-electron chi connectivity index (χ4n) is 3.51. The number of fused-ring (bicyclic) bond motifs is 1. The number of benzene rings is 1. The Morgan fingerprint density at radius 1 is 1.27 bits per heavy atom. The predicted octanol–water partition coefficient (Wildman–Crippen LogP) is 4.64. The van der Waals surface area contributed by atoms with E-state index in [2.05, 4.69) is 45.1 Å². The molecular weight excluding hydrogens is 342 g/mol. The second-order valence-electron chi connectivity index (χ2n) is 6.26. The maximum atomic E-state index is 13.1. The van der Waals surface area contributed by atoms with Crippen molar-refractivity contribution >= 4 is 21.8 Å². The first-order valence-corrected chi connectivity index (χ1v) is 8.61. The summed E-state index contributed by atoms with van der Waals surface area (Å²) in [5.41, 5.74) is 3.59. The number of furan rings is 1. The topological polar surface area (TPSA) is 33.5 Å². The molecule has 22 heavy (non-hydrogen) atoms. The summed E-state index contributed by atoms with van der Waals surface area (Å²) in [7, 11) is 0. The third-order valence-corrected chi connectivity index (χ3v) is 5.08. The van der Waals surface area contributed by atoms with E-state index in [0.717, 1.165) is 31.2 Å². The van der Waals surface area contributed by atoms with Crippen molar-refractivity contribution in [3.63, 3.8) is 0 Å². The average molecular weight is 360 g/mol. The first-order valence-electron chi connectivity index (χ1n) is 7.81. The van der Waals surface area contributed by atoms with Gasteiger partial charge in [-0.2, -0.15) is 0 Å². The maximum absolute atomic E-state index is 13.1. The molecule has 2 aliphatic rings. The number of hydrogen-bond acceptors (Lipinski definition) is 2. The highest BCUT2D eigenvalue weighted by Crippen LogP contribution is 2.43. The maximum Gasteiger partial charge on any atom is 0.290 e. The second kappa shape index (κ2) is 5.27. The molecule has 1 aromatic carbocycles. The van der Waals surface area contributed by atoms with E-state index in [4.69, 9.17) is 4.42 Å². The molecular formula is C18H18BrNO2. The van der Waals surface area contributed by atoms with E-state index in [1.807, 2.05) is 13.0 Å². The molecule has 0 aliphatic heterocycles. The van der Waals surface area contributed by atoms with E-state index in [0.29, 0.717) is 16.5 Å². The SMILES string of the molecule is Cc1cc(Br)oc1C(=O)N(C1CC1)C1CCc2ccccc21. The van der Waals surface area contributed by atoms with Gasteiger partial charge >= 0.3 is 0 Å². The van der Waals surface area contributed by atoms with Gasteiger partial charge in [-0.15, -0.1) is 0 Å². The van der Waals surface area contributed by atoms with Crippen LogP contribution in [0.15, 0.2) is 39.4 Å². The third kappa shape index (κ3) is 2.30. The molecule has 0 spiro atoms. The lowest BCUT2D eigenvalue weighted by atomic mass is 10.1. The Bertz CT molecular complexity index is 732. The Labute approximate surface area is 138 Å². The van der Waals surface area contributed by atoms with Crippen molar-refractivity contribution in [1.29, 1.82) is 0 Å². The molecule has 4 rings (SSSR count). The molecule has 1 unspecified atom stereocenters. The second-order valence-corrected chi connectivity index (χ2v) is 7.04. The summed E-state index contributed by atoms with van der Waals surface area (Å²) in [6.07, 6.45) is 4.28. The molecule has 4 heteroatoms. The van der Waals surface area contributed by atoms with Crippen LogP contribution >= 0.6 is 15.9 Å². The molecule has 0 bridgehead atoms. The van der Waals surface area contributed by atoms with E-state index < -0.39 is 0 Å². The van der Waals surface area contributed by atoms with Gasteiger partial charge in [0.2, 0.25) is 0 Å². The number of aryl methyl sites for hydroxylation is 2. The van der Waals surface area contributed by atoms with Gasteiger partial charge in [-0.1, -0.05) is 24.3 Å². The van der Waals surface area contributed by atoms with Crippen LogP contribution in [0.25, 0.3) is 0 Å². The Hall–Kier alpha value is -1.55. The lowest BCUT2D eigenvalue weighted by Crippen LogP contribution is -2.36. The van der Waals surface area contributed by atoms with Crippen molar-refractivity contribution in [2.24, 2.45) is 0 Å². The average Bonchev–Trinajstić information content (AvgIpc) is 3.15. The summed E-state index contributed by atoms with van der Waals surface area (Å²) in [4.78, 5) is 15.1. The molecule has 1 aromatic heterocycles. The van der Waals surface area contributed by atoms with Crippen molar-refractivity contribution < 1.29 is 9.21 Å². The monoisotopic (exact) mass is 359 g/mol. The first kappa shape index (κ1) is 14.1. The van der Waals surface area contributed by atoms with Crippen molar-refractivity contribution in [2.45, 2.75) is 44.7 Å². The highest BCUT2D eigenvalue weighted by molar-refractivity contribution is 9.10. The van der Waals surface area contributed by atoms with Crippen LogP contribution in [0.4, 0.5) is 0 Å². The van der Waals surface area contributed by atoms with Crippen LogP contribution in [0.3, 0.4) is 0 Å². The van der Waals surface area contributed by atoms with Gasteiger partial charge in [-0.25, -0.2) is 0 Å². The zero-order valence-corrected chi connectivity index (χ0v) is 14.1. The van der Waals surface area contributed by atoms with Crippen LogP contribution in [0.2, 0.25) is 0 Å². The van der Waals surface area contributed by atoms with E-state index in [1.54, 1.807) is 0 Å². The van der Waals surface area contributed by atoms with E-state index >= 15 is 0 Å². The summed E-state index contributed by atoms with van der Waals surface area (Å²) in [6, 6.07) is 10.9. The Kier molecular flexibility index (Phi) is 3.37. The largest absolute Gasteiger partial charge is 0.444 e. The number of rotatable bonds is 3. The summed E-state index contributed by atoms with van der Waals surface area (Å²) < 4.78 is 6.23. The van der Waals surface area contributed by atoms with E-state index in [9.17, 15) is 4.79 Å². The van der Waals surface area contributed by atoms with Gasteiger partial charge in [0.15, 0.2) is 10.4 Å². The predicted molar refractivity (Wildman–Crippen MR) is 87.8 cm³/mol.